The zero-order valence-corrected chi connectivity index (χ0v) is 13.6. The Morgan fingerprint density at radius 1 is 1.43 bits per heavy atom. The van der Waals surface area contributed by atoms with Crippen molar-refractivity contribution in [3.05, 3.63) is 45.5 Å². The molecular formula is C15H17N3O4S. The number of hydrogen-bond acceptors (Lipinski definition) is 6. The zero-order chi connectivity index (χ0) is 17.0. The van der Waals surface area contributed by atoms with Crippen LogP contribution < -0.4 is 0 Å². The number of aliphatic hydroxyl groups is 1. The highest BCUT2D eigenvalue weighted by Gasteiger charge is 2.17. The molecule has 122 valence electrons. The average Bonchev–Trinajstić information content (AvgIpc) is 3.01. The Labute approximate surface area is 137 Å². The monoisotopic (exact) mass is 335 g/mol. The summed E-state index contributed by atoms with van der Waals surface area (Å²) >= 11 is 1.31. The van der Waals surface area contributed by atoms with Crippen molar-refractivity contribution in [3.63, 3.8) is 0 Å². The third kappa shape index (κ3) is 4.33. The first-order chi connectivity index (χ1) is 10.9. The van der Waals surface area contributed by atoms with E-state index in [-0.39, 0.29) is 11.6 Å². The molecular weight excluding hydrogens is 318 g/mol. The molecule has 0 aliphatic rings. The highest BCUT2D eigenvalue weighted by molar-refractivity contribution is 7.13. The number of non-ortho nitro benzene ring substituents is 1. The number of benzene rings is 1. The number of thiazole rings is 1. The van der Waals surface area contributed by atoms with E-state index in [1.807, 2.05) is 0 Å². The molecule has 1 aromatic heterocycles. The van der Waals surface area contributed by atoms with E-state index in [0.29, 0.717) is 23.7 Å². The van der Waals surface area contributed by atoms with Crippen LogP contribution in [0.2, 0.25) is 0 Å². The lowest BCUT2D eigenvalue weighted by molar-refractivity contribution is -0.384. The fourth-order valence-corrected chi connectivity index (χ4v) is 2.71. The maximum atomic E-state index is 12.2. The van der Waals surface area contributed by atoms with Crippen molar-refractivity contribution in [3.8, 4) is 10.6 Å². The fraction of sp³-hybridized carbons (Fsp3) is 0.333. The van der Waals surface area contributed by atoms with E-state index < -0.39 is 11.0 Å². The highest BCUT2D eigenvalue weighted by Crippen LogP contribution is 2.26. The Balaban J connectivity index is 2.10. The zero-order valence-electron chi connectivity index (χ0n) is 12.8. The minimum Gasteiger partial charge on any atom is -0.393 e. The predicted octanol–water partition coefficient (Wildman–Crippen LogP) is 2.56. The second-order valence-corrected chi connectivity index (χ2v) is 6.06. The first-order valence-corrected chi connectivity index (χ1v) is 7.90. The molecule has 0 saturated carbocycles. The molecule has 1 unspecified atom stereocenters. The Bertz CT molecular complexity index is 697. The number of carbonyl (C=O) groups excluding carboxylic acids is 1. The van der Waals surface area contributed by atoms with Gasteiger partial charge in [0.05, 0.1) is 11.0 Å². The summed E-state index contributed by atoms with van der Waals surface area (Å²) in [6.45, 7) is 2.12. The van der Waals surface area contributed by atoms with Gasteiger partial charge in [-0.2, -0.15) is 0 Å². The van der Waals surface area contributed by atoms with E-state index in [4.69, 9.17) is 0 Å². The molecule has 2 aromatic rings. The van der Waals surface area contributed by atoms with Gasteiger partial charge in [0, 0.05) is 36.7 Å². The van der Waals surface area contributed by atoms with Crippen LogP contribution in [0, 0.1) is 10.1 Å². The molecule has 0 radical (unpaired) electrons. The van der Waals surface area contributed by atoms with Gasteiger partial charge >= 0.3 is 0 Å². The summed E-state index contributed by atoms with van der Waals surface area (Å²) in [5, 5.41) is 22.2. The minimum absolute atomic E-state index is 0.0134. The Morgan fingerprint density at radius 2 is 2.09 bits per heavy atom. The molecule has 0 saturated heterocycles. The third-order valence-corrected chi connectivity index (χ3v) is 4.17. The van der Waals surface area contributed by atoms with Crippen LogP contribution in [-0.2, 0) is 0 Å². The SMILES string of the molecule is CC(O)CCN(C)C(=O)c1csc(-c2ccc([N+](=O)[O-])cc2)n1. The van der Waals surface area contributed by atoms with Crippen LogP contribution in [0.3, 0.4) is 0 Å². The third-order valence-electron chi connectivity index (χ3n) is 3.28. The molecule has 0 aliphatic carbocycles. The summed E-state index contributed by atoms with van der Waals surface area (Å²) in [6, 6.07) is 6.05. The summed E-state index contributed by atoms with van der Waals surface area (Å²) in [5.74, 6) is -0.213. The maximum Gasteiger partial charge on any atom is 0.273 e. The van der Waals surface area contributed by atoms with Gasteiger partial charge in [-0.05, 0) is 25.5 Å². The average molecular weight is 335 g/mol. The number of rotatable bonds is 6. The van der Waals surface area contributed by atoms with Gasteiger partial charge in [-0.15, -0.1) is 11.3 Å². The first-order valence-electron chi connectivity index (χ1n) is 7.02. The molecule has 0 fully saturated rings. The van der Waals surface area contributed by atoms with Gasteiger partial charge in [0.2, 0.25) is 0 Å². The van der Waals surface area contributed by atoms with Crippen LogP contribution >= 0.6 is 11.3 Å². The lowest BCUT2D eigenvalue weighted by Crippen LogP contribution is -2.29. The number of aromatic nitrogens is 1. The smallest absolute Gasteiger partial charge is 0.273 e. The van der Waals surface area contributed by atoms with Gasteiger partial charge in [0.1, 0.15) is 10.7 Å². The van der Waals surface area contributed by atoms with Crippen molar-refractivity contribution in [2.45, 2.75) is 19.4 Å². The topological polar surface area (TPSA) is 96.6 Å². The molecule has 7 nitrogen and oxygen atoms in total. The van der Waals surface area contributed by atoms with Gasteiger partial charge in [-0.25, -0.2) is 4.98 Å². The van der Waals surface area contributed by atoms with Crippen LogP contribution in [0.1, 0.15) is 23.8 Å². The Morgan fingerprint density at radius 3 is 2.65 bits per heavy atom. The van der Waals surface area contributed by atoms with Crippen molar-refractivity contribution < 1.29 is 14.8 Å². The quantitative estimate of drug-likeness (QED) is 0.646. The maximum absolute atomic E-state index is 12.2. The second-order valence-electron chi connectivity index (χ2n) is 5.21. The van der Waals surface area contributed by atoms with E-state index in [2.05, 4.69) is 4.98 Å². The lowest BCUT2D eigenvalue weighted by Gasteiger charge is -2.16. The van der Waals surface area contributed by atoms with Crippen molar-refractivity contribution in [1.82, 2.24) is 9.88 Å². The normalized spacial score (nSPS) is 12.0. The molecule has 0 spiro atoms. The minimum atomic E-state index is -0.462. The van der Waals surface area contributed by atoms with E-state index in [1.54, 1.807) is 31.5 Å². The van der Waals surface area contributed by atoms with E-state index in [9.17, 15) is 20.0 Å². The summed E-state index contributed by atoms with van der Waals surface area (Å²) in [5.41, 5.74) is 1.07. The predicted molar refractivity (Wildman–Crippen MR) is 87.5 cm³/mol. The van der Waals surface area contributed by atoms with Gasteiger partial charge in [0.25, 0.3) is 11.6 Å². The van der Waals surface area contributed by atoms with E-state index >= 15 is 0 Å². The number of carbonyl (C=O) groups is 1. The number of hydrogen-bond donors (Lipinski definition) is 1. The number of amides is 1. The van der Waals surface area contributed by atoms with E-state index in [0.717, 1.165) is 5.56 Å². The van der Waals surface area contributed by atoms with Gasteiger partial charge in [-0.3, -0.25) is 14.9 Å². The van der Waals surface area contributed by atoms with Gasteiger partial charge in [0.15, 0.2) is 0 Å². The second kappa shape index (κ2) is 7.30. The molecule has 2 rings (SSSR count). The molecule has 1 amide bonds. The van der Waals surface area contributed by atoms with Crippen LogP contribution in [0.5, 0.6) is 0 Å². The van der Waals surface area contributed by atoms with Crippen LogP contribution in [-0.4, -0.2) is 45.5 Å². The molecule has 23 heavy (non-hydrogen) atoms. The molecule has 1 atom stereocenters. The molecule has 1 heterocycles. The van der Waals surface area contributed by atoms with Crippen molar-refractivity contribution >= 4 is 22.9 Å². The Hall–Kier alpha value is -2.32. The fourth-order valence-electron chi connectivity index (χ4n) is 1.91. The number of aliphatic hydroxyl groups excluding tert-OH is 1. The molecule has 1 N–H and O–H groups in total. The van der Waals surface area contributed by atoms with Crippen LogP contribution in [0.4, 0.5) is 5.69 Å². The molecule has 0 aliphatic heterocycles. The molecule has 1 aromatic carbocycles. The summed E-state index contributed by atoms with van der Waals surface area (Å²) in [7, 11) is 1.66. The standard InChI is InChI=1S/C15H17N3O4S/c1-10(19)7-8-17(2)15(20)13-9-23-14(16-13)11-3-5-12(6-4-11)18(21)22/h3-6,9-10,19H,7-8H2,1-2H3. The summed E-state index contributed by atoms with van der Waals surface area (Å²) < 4.78 is 0. The summed E-state index contributed by atoms with van der Waals surface area (Å²) in [6.07, 6.45) is 0.0399. The molecule has 0 bridgehead atoms. The van der Waals surface area contributed by atoms with Crippen molar-refractivity contribution in [1.29, 1.82) is 0 Å². The Kier molecular flexibility index (Phi) is 5.41. The first kappa shape index (κ1) is 17.0. The number of nitrogens with zero attached hydrogens (tertiary/aromatic N) is 3. The van der Waals surface area contributed by atoms with Gasteiger partial charge in [-0.1, -0.05) is 0 Å². The molecule has 8 heteroatoms. The van der Waals surface area contributed by atoms with Crippen molar-refractivity contribution in [2.75, 3.05) is 13.6 Å². The van der Waals surface area contributed by atoms with Crippen molar-refractivity contribution in [2.24, 2.45) is 0 Å². The number of nitro groups is 1. The van der Waals surface area contributed by atoms with Crippen LogP contribution in [0.25, 0.3) is 10.6 Å². The van der Waals surface area contributed by atoms with Gasteiger partial charge < -0.3 is 10.0 Å². The largest absolute Gasteiger partial charge is 0.393 e. The number of nitro benzene ring substituents is 1. The summed E-state index contributed by atoms with van der Waals surface area (Å²) in [4.78, 5) is 28.2. The van der Waals surface area contributed by atoms with Crippen LogP contribution in [0.15, 0.2) is 29.6 Å². The lowest BCUT2D eigenvalue weighted by atomic mass is 10.2. The highest BCUT2D eigenvalue weighted by atomic mass is 32.1. The van der Waals surface area contributed by atoms with E-state index in [1.165, 1.54) is 28.4 Å².